The molecular weight excluding hydrogens is 709 g/mol. The van der Waals surface area contributed by atoms with E-state index in [2.05, 4.69) is 30.6 Å². The molecule has 3 saturated heterocycles. The summed E-state index contributed by atoms with van der Waals surface area (Å²) in [5.74, 6) is -1.10. The van der Waals surface area contributed by atoms with Crippen molar-refractivity contribution >= 4 is 51.7 Å². The minimum Gasteiger partial charge on any atom is -0.473 e. The highest BCUT2D eigenvalue weighted by atomic mass is 19.1. The Kier molecular flexibility index (Phi) is 8.47. The number of hydrogen-bond donors (Lipinski definition) is 2. The van der Waals surface area contributed by atoms with Gasteiger partial charge in [-0.2, -0.15) is 15.2 Å². The second kappa shape index (κ2) is 13.4. The first-order valence-electron chi connectivity index (χ1n) is 18.6. The van der Waals surface area contributed by atoms with Gasteiger partial charge in [-0.3, -0.25) is 34.1 Å². The third-order valence-corrected chi connectivity index (χ3v) is 10.9. The number of benzene rings is 1. The average molecular weight is 750 g/mol. The number of amides is 4. The van der Waals surface area contributed by atoms with Crippen molar-refractivity contribution in [3.05, 3.63) is 71.8 Å². The second-order valence-electron chi connectivity index (χ2n) is 15.2. The van der Waals surface area contributed by atoms with Crippen LogP contribution in [0.2, 0.25) is 0 Å². The Balaban J connectivity index is 0.814. The largest absolute Gasteiger partial charge is 0.473 e. The number of aromatic nitrogens is 6. The van der Waals surface area contributed by atoms with Crippen molar-refractivity contribution < 1.29 is 28.3 Å². The van der Waals surface area contributed by atoms with Gasteiger partial charge >= 0.3 is 0 Å². The maximum atomic E-state index is 16.0. The van der Waals surface area contributed by atoms with Gasteiger partial charge in [0.1, 0.15) is 17.3 Å². The first-order valence-corrected chi connectivity index (χ1v) is 18.6. The first kappa shape index (κ1) is 34.8. The van der Waals surface area contributed by atoms with E-state index in [9.17, 15) is 19.2 Å². The number of piperidine rings is 2. The molecule has 5 aromatic rings. The summed E-state index contributed by atoms with van der Waals surface area (Å²) in [6.07, 6.45) is 8.63. The summed E-state index contributed by atoms with van der Waals surface area (Å²) in [6, 6.07) is 8.50. The Morgan fingerprint density at radius 1 is 1.13 bits per heavy atom. The standard InChI is InChI=1S/C38H40FN11O5/c1-22(2)55-36-29(42-34(52)28-16-41-49-11-3-10-40-33(28)49)15-24-18-50(45-32(24)44-36)25-8-12-46(13-9-25)19-38(39)20-47(21-38)26-4-5-27-23(14-26)17-48(37(27)54)30-6-7-31(51)43-35(30)53/h3-5,10-11,14-16,18,22,25,30H,6-9,12-13,17,19-21H2,1-2H3,(H,42,52)(H,43,51,53). The number of carbonyl (C=O) groups excluding carboxylic acids is 4. The zero-order chi connectivity index (χ0) is 38.0. The number of nitrogens with zero attached hydrogens (tertiary/aromatic N) is 9. The number of carbonyl (C=O) groups is 4. The van der Waals surface area contributed by atoms with Crippen LogP contribution in [0.25, 0.3) is 16.7 Å². The summed E-state index contributed by atoms with van der Waals surface area (Å²) in [7, 11) is 0. The van der Waals surface area contributed by atoms with Crippen LogP contribution in [0, 0.1) is 0 Å². The fourth-order valence-corrected chi connectivity index (χ4v) is 8.15. The van der Waals surface area contributed by atoms with Crippen LogP contribution in [0.3, 0.4) is 0 Å². The molecule has 8 heterocycles. The summed E-state index contributed by atoms with van der Waals surface area (Å²) < 4.78 is 25.5. The maximum absolute atomic E-state index is 16.0. The lowest BCUT2D eigenvalue weighted by Gasteiger charge is -2.48. The highest BCUT2D eigenvalue weighted by Gasteiger charge is 2.46. The molecule has 9 rings (SSSR count). The minimum atomic E-state index is -1.36. The third-order valence-electron chi connectivity index (χ3n) is 10.9. The molecule has 4 aliphatic heterocycles. The molecule has 3 fully saturated rings. The topological polar surface area (TPSA) is 172 Å². The molecule has 0 spiro atoms. The Hall–Kier alpha value is -5.97. The zero-order valence-corrected chi connectivity index (χ0v) is 30.4. The van der Waals surface area contributed by atoms with E-state index in [1.165, 1.54) is 15.6 Å². The highest BCUT2D eigenvalue weighted by molar-refractivity contribution is 6.09. The van der Waals surface area contributed by atoms with E-state index in [1.807, 2.05) is 47.8 Å². The van der Waals surface area contributed by atoms with Crippen LogP contribution in [0.1, 0.15) is 71.9 Å². The molecule has 1 atom stereocenters. The molecule has 1 unspecified atom stereocenters. The van der Waals surface area contributed by atoms with Crippen molar-refractivity contribution in [2.24, 2.45) is 0 Å². The van der Waals surface area contributed by atoms with Crippen LogP contribution in [0.4, 0.5) is 15.8 Å². The predicted octanol–water partition coefficient (Wildman–Crippen LogP) is 3.14. The fourth-order valence-electron chi connectivity index (χ4n) is 8.15. The van der Waals surface area contributed by atoms with E-state index in [4.69, 9.17) is 9.84 Å². The number of anilines is 2. The lowest BCUT2D eigenvalue weighted by Crippen LogP contribution is -2.64. The molecule has 16 nitrogen and oxygen atoms in total. The van der Waals surface area contributed by atoms with Gasteiger partial charge in [0.05, 0.1) is 31.4 Å². The van der Waals surface area contributed by atoms with E-state index >= 15 is 4.39 Å². The van der Waals surface area contributed by atoms with E-state index in [-0.39, 0.29) is 61.8 Å². The van der Waals surface area contributed by atoms with Crippen LogP contribution < -0.4 is 20.3 Å². The van der Waals surface area contributed by atoms with Gasteiger partial charge in [-0.25, -0.2) is 13.9 Å². The zero-order valence-electron chi connectivity index (χ0n) is 30.4. The lowest BCUT2D eigenvalue weighted by atomic mass is 9.92. The van der Waals surface area contributed by atoms with Gasteiger partial charge < -0.3 is 19.9 Å². The highest BCUT2D eigenvalue weighted by Crippen LogP contribution is 2.37. The smallest absolute Gasteiger partial charge is 0.261 e. The SMILES string of the molecule is CC(C)Oc1nc2nn(C3CCN(CC4(F)CN(c5ccc6c(c5)CN(C5CCC(=O)NC5=O)C6=O)C4)CC3)cc2cc1NC(=O)c1cnn2cccnc12. The lowest BCUT2D eigenvalue weighted by molar-refractivity contribution is -0.136. The van der Waals surface area contributed by atoms with Crippen LogP contribution in [-0.2, 0) is 16.1 Å². The maximum Gasteiger partial charge on any atom is 0.261 e. The van der Waals surface area contributed by atoms with Crippen LogP contribution in [0.5, 0.6) is 5.88 Å². The molecule has 1 aromatic carbocycles. The van der Waals surface area contributed by atoms with Crippen molar-refractivity contribution in [1.29, 1.82) is 0 Å². The second-order valence-corrected chi connectivity index (χ2v) is 15.2. The summed E-state index contributed by atoms with van der Waals surface area (Å²) in [5, 5.41) is 15.0. The number of fused-ring (bicyclic) bond motifs is 3. The monoisotopic (exact) mass is 749 g/mol. The van der Waals surface area contributed by atoms with Gasteiger partial charge in [-0.15, -0.1) is 0 Å². The number of alkyl halides is 1. The molecule has 2 N–H and O–H groups in total. The molecule has 0 saturated carbocycles. The van der Waals surface area contributed by atoms with Crippen LogP contribution in [0.15, 0.2) is 55.1 Å². The molecule has 0 aliphatic carbocycles. The number of imide groups is 1. The minimum absolute atomic E-state index is 0.102. The van der Waals surface area contributed by atoms with Gasteiger partial charge in [0.2, 0.25) is 17.7 Å². The van der Waals surface area contributed by atoms with E-state index in [0.29, 0.717) is 54.2 Å². The van der Waals surface area contributed by atoms with Gasteiger partial charge in [0.25, 0.3) is 11.8 Å². The molecule has 55 heavy (non-hydrogen) atoms. The van der Waals surface area contributed by atoms with Crippen molar-refractivity contribution in [2.45, 2.75) is 69.9 Å². The Morgan fingerprint density at radius 3 is 2.73 bits per heavy atom. The Labute approximate surface area is 314 Å². The molecular formula is C38H40FN11O5. The first-order chi connectivity index (χ1) is 26.5. The molecule has 284 valence electrons. The van der Waals surface area contributed by atoms with E-state index < -0.39 is 17.6 Å². The summed E-state index contributed by atoms with van der Waals surface area (Å²) in [6.45, 7) is 6.32. The number of ether oxygens (including phenoxy) is 1. The van der Waals surface area contributed by atoms with E-state index in [1.54, 1.807) is 24.5 Å². The van der Waals surface area contributed by atoms with Gasteiger partial charge in [0, 0.05) is 67.8 Å². The summed E-state index contributed by atoms with van der Waals surface area (Å²) >= 11 is 0. The molecule has 0 radical (unpaired) electrons. The van der Waals surface area contributed by atoms with Gasteiger partial charge in [-0.1, -0.05) is 0 Å². The summed E-state index contributed by atoms with van der Waals surface area (Å²) in [4.78, 5) is 65.1. The molecule has 4 amide bonds. The van der Waals surface area contributed by atoms with Gasteiger partial charge in [0.15, 0.2) is 17.0 Å². The number of halogens is 1. The molecule has 0 bridgehead atoms. The number of hydrogen-bond acceptors (Lipinski definition) is 11. The van der Waals surface area contributed by atoms with Crippen molar-refractivity contribution in [1.82, 2.24) is 44.5 Å². The van der Waals surface area contributed by atoms with Crippen molar-refractivity contribution in [2.75, 3.05) is 42.9 Å². The van der Waals surface area contributed by atoms with E-state index in [0.717, 1.165) is 29.5 Å². The van der Waals surface area contributed by atoms with Crippen molar-refractivity contribution in [3.63, 3.8) is 0 Å². The van der Waals surface area contributed by atoms with Crippen LogP contribution >= 0.6 is 0 Å². The quantitative estimate of drug-likeness (QED) is 0.212. The van der Waals surface area contributed by atoms with Gasteiger partial charge in [-0.05, 0) is 69.0 Å². The molecule has 4 aromatic heterocycles. The normalized spacial score (nSPS) is 20.3. The Morgan fingerprint density at radius 2 is 1.95 bits per heavy atom. The average Bonchev–Trinajstić information content (AvgIpc) is 3.86. The number of nitrogens with one attached hydrogen (secondary N) is 2. The summed E-state index contributed by atoms with van der Waals surface area (Å²) in [5.41, 5.74) is 2.51. The van der Waals surface area contributed by atoms with Crippen molar-refractivity contribution in [3.8, 4) is 5.88 Å². The van der Waals surface area contributed by atoms with Crippen LogP contribution in [-0.4, -0.2) is 113 Å². The number of pyridine rings is 1. The number of likely N-dealkylation sites (tertiary alicyclic amines) is 1. The third kappa shape index (κ3) is 6.51. The molecule has 17 heteroatoms. The number of rotatable bonds is 9. The Bertz CT molecular complexity index is 2360. The molecule has 4 aliphatic rings. The predicted molar refractivity (Wildman–Crippen MR) is 197 cm³/mol. The fraction of sp³-hybridized carbons (Fsp3) is 0.421.